The zero-order valence-electron chi connectivity index (χ0n) is 20.8. The third-order valence-electron chi connectivity index (χ3n) is 7.14. The minimum absolute atomic E-state index is 0.0180. The number of rotatable bonds is 8. The van der Waals surface area contributed by atoms with Gasteiger partial charge in [-0.2, -0.15) is 0 Å². The first-order valence-corrected chi connectivity index (χ1v) is 12.5. The Bertz CT molecular complexity index is 1270. The zero-order chi connectivity index (χ0) is 25.1. The third kappa shape index (κ3) is 4.06. The van der Waals surface area contributed by atoms with E-state index in [0.29, 0.717) is 0 Å². The Kier molecular flexibility index (Phi) is 6.82. The molecule has 0 bridgehead atoms. The summed E-state index contributed by atoms with van der Waals surface area (Å²) in [5, 5.41) is 18.5. The molecular formula is C32H32O4. The number of benzene rings is 4. The SMILES string of the molecule is Cc1cc(C2(c3ccc(OCCO)c(C)c3)c3ccccc3Cc3ccccc32)ccc1OCCO. The van der Waals surface area contributed by atoms with Crippen LogP contribution in [-0.4, -0.2) is 36.6 Å². The lowest BCUT2D eigenvalue weighted by Crippen LogP contribution is -2.36. The molecule has 4 aromatic rings. The molecule has 184 valence electrons. The second-order valence-corrected chi connectivity index (χ2v) is 9.35. The van der Waals surface area contributed by atoms with E-state index < -0.39 is 5.41 Å². The molecule has 0 atom stereocenters. The van der Waals surface area contributed by atoms with Gasteiger partial charge in [-0.3, -0.25) is 0 Å². The standard InChI is InChI=1S/C32H32O4/c1-22-19-26(11-13-30(22)35-17-15-33)32(27-12-14-31(23(2)20-27)36-18-16-34)28-9-5-3-7-24(28)21-25-8-4-6-10-29(25)32/h3-14,19-20,33-34H,15-18,21H2,1-2H3. The van der Waals surface area contributed by atoms with E-state index in [9.17, 15) is 10.2 Å². The molecule has 4 aromatic carbocycles. The van der Waals surface area contributed by atoms with Gasteiger partial charge in [-0.25, -0.2) is 0 Å². The van der Waals surface area contributed by atoms with Crippen LogP contribution in [0, 0.1) is 13.8 Å². The van der Waals surface area contributed by atoms with Gasteiger partial charge in [-0.05, 0) is 76.9 Å². The quantitative estimate of drug-likeness (QED) is 0.315. The van der Waals surface area contributed by atoms with Crippen LogP contribution < -0.4 is 9.47 Å². The molecule has 0 saturated heterocycles. The molecule has 0 unspecified atom stereocenters. The van der Waals surface area contributed by atoms with Crippen molar-refractivity contribution in [3.8, 4) is 11.5 Å². The summed E-state index contributed by atoms with van der Waals surface area (Å²) in [6, 6.07) is 30.2. The van der Waals surface area contributed by atoms with E-state index in [1.807, 2.05) is 12.1 Å². The van der Waals surface area contributed by atoms with Crippen molar-refractivity contribution >= 4 is 0 Å². The van der Waals surface area contributed by atoms with Crippen LogP contribution in [0.5, 0.6) is 11.5 Å². The van der Waals surface area contributed by atoms with Crippen LogP contribution in [-0.2, 0) is 11.8 Å². The lowest BCUT2D eigenvalue weighted by molar-refractivity contribution is 0.200. The first-order chi connectivity index (χ1) is 17.6. The van der Waals surface area contributed by atoms with Gasteiger partial charge in [-0.15, -0.1) is 0 Å². The maximum absolute atomic E-state index is 9.24. The van der Waals surface area contributed by atoms with Gasteiger partial charge in [0, 0.05) is 0 Å². The van der Waals surface area contributed by atoms with Crippen molar-refractivity contribution in [3.63, 3.8) is 0 Å². The van der Waals surface area contributed by atoms with Crippen LogP contribution >= 0.6 is 0 Å². The van der Waals surface area contributed by atoms with E-state index in [2.05, 4.69) is 86.6 Å². The number of aryl methyl sites for hydroxylation is 2. The van der Waals surface area contributed by atoms with E-state index in [1.165, 1.54) is 33.4 Å². The second kappa shape index (κ2) is 10.2. The molecule has 5 rings (SSSR count). The van der Waals surface area contributed by atoms with Gasteiger partial charge in [0.2, 0.25) is 0 Å². The summed E-state index contributed by atoms with van der Waals surface area (Å²) in [5.74, 6) is 1.56. The second-order valence-electron chi connectivity index (χ2n) is 9.35. The molecule has 36 heavy (non-hydrogen) atoms. The highest BCUT2D eigenvalue weighted by Crippen LogP contribution is 2.51. The van der Waals surface area contributed by atoms with Gasteiger partial charge in [0.25, 0.3) is 0 Å². The van der Waals surface area contributed by atoms with E-state index in [-0.39, 0.29) is 26.4 Å². The molecule has 0 amide bonds. The highest BCUT2D eigenvalue weighted by Gasteiger charge is 2.44. The molecular weight excluding hydrogens is 448 g/mol. The van der Waals surface area contributed by atoms with Crippen LogP contribution in [0.1, 0.15) is 44.5 Å². The Morgan fingerprint density at radius 3 is 1.50 bits per heavy atom. The molecule has 0 spiro atoms. The van der Waals surface area contributed by atoms with Crippen molar-refractivity contribution in [2.24, 2.45) is 0 Å². The minimum Gasteiger partial charge on any atom is -0.491 e. The summed E-state index contributed by atoms with van der Waals surface area (Å²) in [7, 11) is 0. The lowest BCUT2D eigenvalue weighted by atomic mass is 9.59. The predicted octanol–water partition coefficient (Wildman–Crippen LogP) is 5.33. The average Bonchev–Trinajstić information content (AvgIpc) is 2.90. The number of hydrogen-bond donors (Lipinski definition) is 2. The summed E-state index contributed by atoms with van der Waals surface area (Å²) in [6.45, 7) is 4.62. The van der Waals surface area contributed by atoms with E-state index >= 15 is 0 Å². The molecule has 1 aliphatic rings. The van der Waals surface area contributed by atoms with Crippen molar-refractivity contribution in [1.82, 2.24) is 0 Å². The zero-order valence-corrected chi connectivity index (χ0v) is 20.8. The summed E-state index contributed by atoms with van der Waals surface area (Å²) in [4.78, 5) is 0. The average molecular weight is 481 g/mol. The van der Waals surface area contributed by atoms with Crippen LogP contribution in [0.15, 0.2) is 84.9 Å². The molecule has 0 aromatic heterocycles. The van der Waals surface area contributed by atoms with Gasteiger partial charge in [0.15, 0.2) is 0 Å². The number of hydrogen-bond acceptors (Lipinski definition) is 4. The van der Waals surface area contributed by atoms with Crippen molar-refractivity contribution in [1.29, 1.82) is 0 Å². The summed E-state index contributed by atoms with van der Waals surface area (Å²) < 4.78 is 11.6. The molecule has 0 saturated carbocycles. The van der Waals surface area contributed by atoms with E-state index in [4.69, 9.17) is 9.47 Å². The van der Waals surface area contributed by atoms with E-state index in [1.54, 1.807) is 0 Å². The summed E-state index contributed by atoms with van der Waals surface area (Å²) in [6.07, 6.45) is 0.890. The Balaban J connectivity index is 1.80. The summed E-state index contributed by atoms with van der Waals surface area (Å²) in [5.41, 5.74) is 9.04. The van der Waals surface area contributed by atoms with Gasteiger partial charge < -0.3 is 19.7 Å². The molecule has 0 aliphatic heterocycles. The lowest BCUT2D eigenvalue weighted by Gasteiger charge is -2.42. The number of fused-ring (bicyclic) bond motifs is 2. The Hall–Kier alpha value is -3.60. The fourth-order valence-corrected chi connectivity index (χ4v) is 5.62. The van der Waals surface area contributed by atoms with Crippen molar-refractivity contribution < 1.29 is 19.7 Å². The number of aliphatic hydroxyl groups is 2. The smallest absolute Gasteiger partial charge is 0.122 e. The van der Waals surface area contributed by atoms with Crippen LogP contribution in [0.3, 0.4) is 0 Å². The maximum atomic E-state index is 9.24. The molecule has 4 heteroatoms. The van der Waals surface area contributed by atoms with Crippen molar-refractivity contribution in [2.45, 2.75) is 25.7 Å². The molecule has 0 heterocycles. The Morgan fingerprint density at radius 1 is 0.639 bits per heavy atom. The Labute approximate surface area is 212 Å². The molecule has 0 fully saturated rings. The highest BCUT2D eigenvalue weighted by molar-refractivity contribution is 5.68. The van der Waals surface area contributed by atoms with Gasteiger partial charge >= 0.3 is 0 Å². The largest absolute Gasteiger partial charge is 0.491 e. The molecule has 2 N–H and O–H groups in total. The maximum Gasteiger partial charge on any atom is 0.122 e. The summed E-state index contributed by atoms with van der Waals surface area (Å²) >= 11 is 0. The monoisotopic (exact) mass is 480 g/mol. The fraction of sp³-hybridized carbons (Fsp3) is 0.250. The van der Waals surface area contributed by atoms with Gasteiger partial charge in [-0.1, -0.05) is 72.8 Å². The first-order valence-electron chi connectivity index (χ1n) is 12.5. The number of ether oxygens (including phenoxy) is 2. The van der Waals surface area contributed by atoms with Crippen molar-refractivity contribution in [3.05, 3.63) is 129 Å². The van der Waals surface area contributed by atoms with E-state index in [0.717, 1.165) is 29.0 Å². The first kappa shape index (κ1) is 24.1. The predicted molar refractivity (Wildman–Crippen MR) is 142 cm³/mol. The van der Waals surface area contributed by atoms with Crippen LogP contribution in [0.25, 0.3) is 0 Å². The van der Waals surface area contributed by atoms with Gasteiger partial charge in [0.1, 0.15) is 24.7 Å². The normalized spacial score (nSPS) is 13.6. The minimum atomic E-state index is -0.522. The molecule has 4 nitrogen and oxygen atoms in total. The van der Waals surface area contributed by atoms with Crippen molar-refractivity contribution in [2.75, 3.05) is 26.4 Å². The highest BCUT2D eigenvalue weighted by atomic mass is 16.5. The molecule has 0 radical (unpaired) electrons. The van der Waals surface area contributed by atoms with Crippen LogP contribution in [0.2, 0.25) is 0 Å². The third-order valence-corrected chi connectivity index (χ3v) is 7.14. The number of aliphatic hydroxyl groups excluding tert-OH is 2. The fourth-order valence-electron chi connectivity index (χ4n) is 5.62. The van der Waals surface area contributed by atoms with Crippen LogP contribution in [0.4, 0.5) is 0 Å². The molecule has 1 aliphatic carbocycles. The van der Waals surface area contributed by atoms with Gasteiger partial charge in [0.05, 0.1) is 18.6 Å². The Morgan fingerprint density at radius 2 is 1.08 bits per heavy atom. The topological polar surface area (TPSA) is 58.9 Å².